The molecule has 1 aromatic carbocycles. The second-order valence-corrected chi connectivity index (χ2v) is 5.45. The summed E-state index contributed by atoms with van der Waals surface area (Å²) in [4.78, 5) is 2.28. The van der Waals surface area contributed by atoms with Crippen LogP contribution in [0.3, 0.4) is 0 Å². The van der Waals surface area contributed by atoms with Crippen LogP contribution in [0.25, 0.3) is 10.9 Å². The van der Waals surface area contributed by atoms with Crippen molar-refractivity contribution in [1.29, 1.82) is 0 Å². The van der Waals surface area contributed by atoms with E-state index in [1.165, 1.54) is 0 Å². The smallest absolute Gasteiger partial charge is 0.170 e. The van der Waals surface area contributed by atoms with Crippen LogP contribution in [0.4, 0.5) is 0 Å². The van der Waals surface area contributed by atoms with E-state index in [0.717, 1.165) is 42.7 Å². The summed E-state index contributed by atoms with van der Waals surface area (Å²) in [6.07, 6.45) is 2.21. The first-order valence-corrected chi connectivity index (χ1v) is 7.05. The second-order valence-electron chi connectivity index (χ2n) is 5.45. The summed E-state index contributed by atoms with van der Waals surface area (Å²) in [5, 5.41) is 13.0. The van der Waals surface area contributed by atoms with Gasteiger partial charge >= 0.3 is 0 Å². The third kappa shape index (κ3) is 2.72. The minimum atomic E-state index is 0.131. The van der Waals surface area contributed by atoms with Gasteiger partial charge in [-0.15, -0.1) is 0 Å². The number of hydrogen-bond donors (Lipinski definition) is 2. The summed E-state index contributed by atoms with van der Waals surface area (Å²) in [6, 6.07) is 7.80. The maximum Gasteiger partial charge on any atom is 0.170 e. The number of ether oxygens (including phenoxy) is 1. The fourth-order valence-corrected chi connectivity index (χ4v) is 2.86. The quantitative estimate of drug-likeness (QED) is 0.383. The first-order valence-electron chi connectivity index (χ1n) is 7.05. The summed E-state index contributed by atoms with van der Waals surface area (Å²) in [7, 11) is 2.11. The fourth-order valence-electron chi connectivity index (χ4n) is 2.86. The molecule has 3 rings (SSSR count). The van der Waals surface area contributed by atoms with Gasteiger partial charge in [-0.05, 0) is 19.2 Å². The Balaban J connectivity index is 1.90. The highest BCUT2D eigenvalue weighted by Gasteiger charge is 2.19. The van der Waals surface area contributed by atoms with E-state index in [-0.39, 0.29) is 11.9 Å². The number of nitrogens with zero attached hydrogens (tertiary/aromatic N) is 3. The van der Waals surface area contributed by atoms with Gasteiger partial charge in [-0.3, -0.25) is 0 Å². The lowest BCUT2D eigenvalue weighted by Gasteiger charge is -2.30. The second kappa shape index (κ2) is 5.75. The monoisotopic (exact) mass is 288 g/mol. The summed E-state index contributed by atoms with van der Waals surface area (Å²) in [6.45, 7) is 3.49. The summed E-state index contributed by atoms with van der Waals surface area (Å²) >= 11 is 0. The van der Waals surface area contributed by atoms with Crippen molar-refractivity contribution in [2.45, 2.75) is 12.6 Å². The average molecular weight is 288 g/mol. The molecule has 3 N–H and O–H groups in total. The normalized spacial score (nSPS) is 21.0. The van der Waals surface area contributed by atoms with Crippen molar-refractivity contribution < 1.29 is 9.94 Å². The Labute approximate surface area is 123 Å². The summed E-state index contributed by atoms with van der Waals surface area (Å²) < 4.78 is 7.98. The molecule has 6 nitrogen and oxygen atoms in total. The first-order chi connectivity index (χ1) is 10.2. The largest absolute Gasteiger partial charge is 0.409 e. The van der Waals surface area contributed by atoms with Gasteiger partial charge in [0.25, 0.3) is 0 Å². The van der Waals surface area contributed by atoms with E-state index in [1.54, 1.807) is 0 Å². The molecular weight excluding hydrogens is 268 g/mol. The van der Waals surface area contributed by atoms with Crippen LogP contribution in [0.1, 0.15) is 5.56 Å². The van der Waals surface area contributed by atoms with E-state index in [9.17, 15) is 0 Å². The predicted octanol–water partition coefficient (Wildman–Crippen LogP) is 1.07. The lowest BCUT2D eigenvalue weighted by Crippen LogP contribution is -2.41. The predicted molar refractivity (Wildman–Crippen MR) is 81.7 cm³/mol. The van der Waals surface area contributed by atoms with Gasteiger partial charge in [0.05, 0.1) is 19.3 Å². The minimum Gasteiger partial charge on any atom is -0.409 e. The van der Waals surface area contributed by atoms with Crippen LogP contribution in [0, 0.1) is 0 Å². The highest BCUT2D eigenvalue weighted by molar-refractivity contribution is 6.08. The van der Waals surface area contributed by atoms with Gasteiger partial charge in [0.2, 0.25) is 0 Å². The Hall–Kier alpha value is -2.05. The Morgan fingerprint density at radius 3 is 3.10 bits per heavy atom. The van der Waals surface area contributed by atoms with Crippen molar-refractivity contribution in [3.05, 3.63) is 36.0 Å². The number of likely N-dealkylation sites (N-methyl/N-ethyl adjacent to an activating group) is 1. The fraction of sp³-hybridized carbons (Fsp3) is 0.400. The summed E-state index contributed by atoms with van der Waals surface area (Å²) in [5.41, 5.74) is 7.54. The molecule has 0 spiro atoms. The van der Waals surface area contributed by atoms with Crippen molar-refractivity contribution in [2.75, 3.05) is 26.7 Å². The number of hydrogen-bond acceptors (Lipinski definition) is 4. The van der Waals surface area contributed by atoms with E-state index in [2.05, 4.69) is 21.7 Å². The Morgan fingerprint density at radius 1 is 1.48 bits per heavy atom. The molecule has 1 atom stereocenters. The molecule has 0 saturated carbocycles. The van der Waals surface area contributed by atoms with Crippen LogP contribution in [-0.2, 0) is 11.3 Å². The van der Waals surface area contributed by atoms with Crippen molar-refractivity contribution in [1.82, 2.24) is 9.47 Å². The van der Waals surface area contributed by atoms with Crippen molar-refractivity contribution in [3.8, 4) is 0 Å². The number of nitrogens with two attached hydrogens (primary N) is 1. The zero-order chi connectivity index (χ0) is 14.8. The standard InChI is InChI=1S/C15H20N4O2/c1-18-7-8-21-11(9-18)10-19-6-5-12-13(15(16)17-20)3-2-4-14(12)19/h2-6,11,20H,7-10H2,1H3,(H2,16,17). The molecule has 2 aromatic rings. The van der Waals surface area contributed by atoms with Gasteiger partial charge in [0, 0.05) is 35.8 Å². The van der Waals surface area contributed by atoms with E-state index < -0.39 is 0 Å². The van der Waals surface area contributed by atoms with Gasteiger partial charge in [0.15, 0.2) is 5.84 Å². The molecule has 1 unspecified atom stereocenters. The molecule has 0 aliphatic carbocycles. The van der Waals surface area contributed by atoms with Crippen LogP contribution in [0.2, 0.25) is 0 Å². The van der Waals surface area contributed by atoms with E-state index in [0.29, 0.717) is 0 Å². The number of fused-ring (bicyclic) bond motifs is 1. The number of amidine groups is 1. The zero-order valence-electron chi connectivity index (χ0n) is 12.1. The lowest BCUT2D eigenvalue weighted by molar-refractivity contribution is -0.0269. The number of oxime groups is 1. The lowest BCUT2D eigenvalue weighted by atomic mass is 10.1. The first kappa shape index (κ1) is 13.9. The Morgan fingerprint density at radius 2 is 2.33 bits per heavy atom. The maximum atomic E-state index is 8.88. The highest BCUT2D eigenvalue weighted by Crippen LogP contribution is 2.21. The van der Waals surface area contributed by atoms with Gasteiger partial charge in [-0.25, -0.2) is 0 Å². The van der Waals surface area contributed by atoms with Crippen molar-refractivity contribution in [2.24, 2.45) is 10.9 Å². The zero-order valence-corrected chi connectivity index (χ0v) is 12.1. The molecule has 1 fully saturated rings. The van der Waals surface area contributed by atoms with Crippen LogP contribution in [0.15, 0.2) is 35.6 Å². The maximum absolute atomic E-state index is 8.88. The van der Waals surface area contributed by atoms with Crippen molar-refractivity contribution >= 4 is 16.7 Å². The Kier molecular flexibility index (Phi) is 3.81. The third-order valence-corrected chi connectivity index (χ3v) is 3.94. The SMILES string of the molecule is CN1CCOC(Cn2ccc3c(/C(N)=N/O)cccc32)C1. The summed E-state index contributed by atoms with van der Waals surface area (Å²) in [5.74, 6) is 0.131. The Bertz CT molecular complexity index is 665. The number of aromatic nitrogens is 1. The topological polar surface area (TPSA) is 76.0 Å². The van der Waals surface area contributed by atoms with E-state index in [1.807, 2.05) is 30.5 Å². The molecule has 1 aliphatic rings. The van der Waals surface area contributed by atoms with Crippen LogP contribution in [-0.4, -0.2) is 53.4 Å². The van der Waals surface area contributed by atoms with E-state index in [4.69, 9.17) is 15.7 Å². The molecule has 112 valence electrons. The molecular formula is C15H20N4O2. The molecule has 1 aromatic heterocycles. The van der Waals surface area contributed by atoms with Crippen LogP contribution >= 0.6 is 0 Å². The molecule has 1 aliphatic heterocycles. The number of morpholine rings is 1. The van der Waals surface area contributed by atoms with Crippen LogP contribution in [0.5, 0.6) is 0 Å². The van der Waals surface area contributed by atoms with Crippen molar-refractivity contribution in [3.63, 3.8) is 0 Å². The molecule has 21 heavy (non-hydrogen) atoms. The van der Waals surface area contributed by atoms with Gasteiger partial charge in [-0.2, -0.15) is 0 Å². The third-order valence-electron chi connectivity index (χ3n) is 3.94. The van der Waals surface area contributed by atoms with Crippen LogP contribution < -0.4 is 5.73 Å². The van der Waals surface area contributed by atoms with Gasteiger partial charge in [0.1, 0.15) is 0 Å². The molecule has 0 radical (unpaired) electrons. The number of benzene rings is 1. The molecule has 1 saturated heterocycles. The van der Waals surface area contributed by atoms with E-state index >= 15 is 0 Å². The number of rotatable bonds is 3. The molecule has 0 amide bonds. The van der Waals surface area contributed by atoms with Gasteiger partial charge in [-0.1, -0.05) is 17.3 Å². The highest BCUT2D eigenvalue weighted by atomic mass is 16.5. The molecule has 2 heterocycles. The van der Waals surface area contributed by atoms with Gasteiger partial charge < -0.3 is 25.1 Å². The molecule has 0 bridgehead atoms. The molecule has 6 heteroatoms. The minimum absolute atomic E-state index is 0.131. The average Bonchev–Trinajstić information content (AvgIpc) is 2.90.